The maximum atomic E-state index is 14.9. The Morgan fingerprint density at radius 2 is 1.74 bits per heavy atom. The molecule has 2 aliphatic rings. The van der Waals surface area contributed by atoms with Crippen LogP contribution in [-0.4, -0.2) is 65.9 Å². The predicted molar refractivity (Wildman–Crippen MR) is 122 cm³/mol. The molecule has 2 amide bonds. The highest BCUT2D eigenvalue weighted by molar-refractivity contribution is 6.62. The van der Waals surface area contributed by atoms with E-state index in [1.807, 2.05) is 27.7 Å². The Morgan fingerprint density at radius 1 is 1.15 bits per heavy atom. The molecule has 1 aromatic carbocycles. The molecule has 0 aliphatic carbocycles. The zero-order valence-electron chi connectivity index (χ0n) is 20.7. The fourth-order valence-electron chi connectivity index (χ4n) is 3.67. The Bertz CT molecular complexity index is 947. The molecule has 8 nitrogen and oxygen atoms in total. The van der Waals surface area contributed by atoms with Gasteiger partial charge in [-0.2, -0.15) is 0 Å². The van der Waals surface area contributed by atoms with E-state index >= 15 is 0 Å². The van der Waals surface area contributed by atoms with E-state index in [1.54, 1.807) is 26.8 Å². The van der Waals surface area contributed by atoms with E-state index in [9.17, 15) is 18.4 Å². The highest BCUT2D eigenvalue weighted by atomic mass is 19.3. The topological polar surface area (TPSA) is 100 Å². The molecule has 0 radical (unpaired) electrons. The first kappa shape index (κ1) is 26.2. The smallest absolute Gasteiger partial charge is 0.483 e. The van der Waals surface area contributed by atoms with Crippen LogP contribution in [0, 0.1) is 0 Å². The second kappa shape index (κ2) is 8.68. The third-order valence-corrected chi connectivity index (χ3v) is 6.25. The summed E-state index contributed by atoms with van der Waals surface area (Å²) in [5.41, 5.74) is 4.00. The molecular weight excluding hydrogens is 449 g/mol. The van der Waals surface area contributed by atoms with Gasteiger partial charge in [-0.1, -0.05) is 6.07 Å². The molecule has 2 N–H and O–H groups in total. The lowest BCUT2D eigenvalue weighted by Gasteiger charge is -2.38. The number of piperidine rings is 1. The minimum absolute atomic E-state index is 0.0209. The van der Waals surface area contributed by atoms with Crippen LogP contribution in [0.3, 0.4) is 0 Å². The number of nitrogens with zero attached hydrogens (tertiary/aromatic N) is 1. The number of carbonyl (C=O) groups is 2. The predicted octanol–water partition coefficient (Wildman–Crippen LogP) is 3.11. The number of halogens is 2. The molecule has 2 fully saturated rings. The molecule has 3 rings (SSSR count). The Kier molecular flexibility index (Phi) is 6.69. The summed E-state index contributed by atoms with van der Waals surface area (Å²) in [6, 6.07) is 4.45. The van der Waals surface area contributed by atoms with E-state index < -0.39 is 54.5 Å². The van der Waals surface area contributed by atoms with Crippen LogP contribution in [0.15, 0.2) is 18.2 Å². The summed E-state index contributed by atoms with van der Waals surface area (Å²) in [6.45, 7) is 11.7. The van der Waals surface area contributed by atoms with Crippen molar-refractivity contribution in [2.24, 2.45) is 5.73 Å². The quantitative estimate of drug-likeness (QED) is 0.663. The largest absolute Gasteiger partial charge is 0.494 e. The molecule has 2 aliphatic heterocycles. The number of rotatable bonds is 4. The van der Waals surface area contributed by atoms with Crippen molar-refractivity contribution in [1.29, 1.82) is 0 Å². The SMILES string of the molecule is CC(C)(C)OC(=O)N1CCC(Oc2ccc(B3OC(C)(C)C(C)(C)O3)cc2C(N)=O)C(F)(F)C1. The van der Waals surface area contributed by atoms with Gasteiger partial charge in [0.05, 0.1) is 23.3 Å². The van der Waals surface area contributed by atoms with Crippen LogP contribution < -0.4 is 15.9 Å². The van der Waals surface area contributed by atoms with E-state index in [4.69, 9.17) is 24.5 Å². The molecule has 2 heterocycles. The van der Waals surface area contributed by atoms with Gasteiger partial charge >= 0.3 is 19.1 Å². The lowest BCUT2D eigenvalue weighted by atomic mass is 9.78. The molecule has 34 heavy (non-hydrogen) atoms. The minimum atomic E-state index is -3.37. The van der Waals surface area contributed by atoms with E-state index in [1.165, 1.54) is 12.1 Å². The first-order valence-corrected chi connectivity index (χ1v) is 11.2. The van der Waals surface area contributed by atoms with Crippen LogP contribution in [-0.2, 0) is 14.0 Å². The number of amides is 2. The van der Waals surface area contributed by atoms with Gasteiger partial charge in [0.25, 0.3) is 5.91 Å². The fourth-order valence-corrected chi connectivity index (χ4v) is 3.67. The number of carbonyl (C=O) groups excluding carboxylic acids is 2. The van der Waals surface area contributed by atoms with Gasteiger partial charge < -0.3 is 29.4 Å². The number of ether oxygens (including phenoxy) is 2. The number of likely N-dealkylation sites (tertiary alicyclic amines) is 1. The second-order valence-electron chi connectivity index (χ2n) is 10.8. The van der Waals surface area contributed by atoms with Crippen molar-refractivity contribution in [3.8, 4) is 5.75 Å². The molecule has 11 heteroatoms. The Hall–Kier alpha value is -2.40. The summed E-state index contributed by atoms with van der Waals surface area (Å²) in [6.07, 6.45) is -2.51. The standard InChI is InChI=1S/C23H33BF2N2O6/c1-20(2,3)32-19(30)28-11-10-17(23(25,26)13-28)31-16-9-8-14(12-15(16)18(27)29)24-33-21(4,5)22(6,7)34-24/h8-9,12,17H,10-11,13H2,1-7H3,(H2,27,29). The number of primary amides is 1. The summed E-state index contributed by atoms with van der Waals surface area (Å²) in [5, 5.41) is 0. The zero-order chi connectivity index (χ0) is 25.7. The van der Waals surface area contributed by atoms with Gasteiger partial charge in [0.2, 0.25) is 0 Å². The number of hydrogen-bond acceptors (Lipinski definition) is 6. The molecule has 0 bridgehead atoms. The summed E-state index contributed by atoms with van der Waals surface area (Å²) in [4.78, 5) is 25.3. The molecule has 1 atom stereocenters. The number of benzene rings is 1. The molecule has 0 aromatic heterocycles. The lowest BCUT2D eigenvalue weighted by Crippen LogP contribution is -2.56. The molecule has 1 aromatic rings. The van der Waals surface area contributed by atoms with Gasteiger partial charge in [-0.25, -0.2) is 13.6 Å². The van der Waals surface area contributed by atoms with Crippen LogP contribution in [0.25, 0.3) is 0 Å². The molecular formula is C23H33BF2N2O6. The monoisotopic (exact) mass is 482 g/mol. The number of hydrogen-bond donors (Lipinski definition) is 1. The average molecular weight is 482 g/mol. The molecule has 0 saturated carbocycles. The highest BCUT2D eigenvalue weighted by Gasteiger charge is 2.52. The summed E-state index contributed by atoms with van der Waals surface area (Å²) < 4.78 is 52.5. The van der Waals surface area contributed by atoms with E-state index in [2.05, 4.69) is 0 Å². The number of alkyl halides is 2. The van der Waals surface area contributed by atoms with Gasteiger partial charge in [-0.3, -0.25) is 4.79 Å². The third-order valence-electron chi connectivity index (χ3n) is 6.25. The zero-order valence-corrected chi connectivity index (χ0v) is 20.7. The summed E-state index contributed by atoms with van der Waals surface area (Å²) in [7, 11) is -0.754. The van der Waals surface area contributed by atoms with Gasteiger partial charge in [0, 0.05) is 13.0 Å². The highest BCUT2D eigenvalue weighted by Crippen LogP contribution is 2.37. The van der Waals surface area contributed by atoms with Gasteiger partial charge in [-0.05, 0) is 66.1 Å². The number of nitrogens with two attached hydrogens (primary N) is 1. The Labute approximate surface area is 199 Å². The van der Waals surface area contributed by atoms with Crippen LogP contribution >= 0.6 is 0 Å². The van der Waals surface area contributed by atoms with Crippen molar-refractivity contribution in [3.63, 3.8) is 0 Å². The molecule has 0 spiro atoms. The lowest BCUT2D eigenvalue weighted by molar-refractivity contribution is -0.137. The van der Waals surface area contributed by atoms with Gasteiger partial charge in [0.15, 0.2) is 6.10 Å². The first-order valence-electron chi connectivity index (χ1n) is 11.2. The summed E-state index contributed by atoms with van der Waals surface area (Å²) in [5.74, 6) is -4.26. The van der Waals surface area contributed by atoms with Crippen molar-refractivity contribution >= 4 is 24.6 Å². The maximum Gasteiger partial charge on any atom is 0.494 e. The van der Waals surface area contributed by atoms with Gasteiger partial charge in [-0.15, -0.1) is 0 Å². The second-order valence-corrected chi connectivity index (χ2v) is 10.8. The van der Waals surface area contributed by atoms with E-state index in [0.717, 1.165) is 4.90 Å². The average Bonchev–Trinajstić information content (AvgIpc) is 2.89. The summed E-state index contributed by atoms with van der Waals surface area (Å²) >= 11 is 0. The van der Waals surface area contributed by atoms with Gasteiger partial charge in [0.1, 0.15) is 11.4 Å². The van der Waals surface area contributed by atoms with Crippen molar-refractivity contribution in [1.82, 2.24) is 4.90 Å². The molecule has 1 unspecified atom stereocenters. The van der Waals surface area contributed by atoms with Crippen molar-refractivity contribution in [2.75, 3.05) is 13.1 Å². The Balaban J connectivity index is 1.77. The van der Waals surface area contributed by atoms with Crippen molar-refractivity contribution in [3.05, 3.63) is 23.8 Å². The van der Waals surface area contributed by atoms with Crippen molar-refractivity contribution < 1.29 is 37.2 Å². The van der Waals surface area contributed by atoms with E-state index in [-0.39, 0.29) is 24.3 Å². The van der Waals surface area contributed by atoms with Crippen molar-refractivity contribution in [2.45, 2.75) is 83.7 Å². The van der Waals surface area contributed by atoms with Crippen LogP contribution in [0.1, 0.15) is 65.2 Å². The van der Waals surface area contributed by atoms with Crippen LogP contribution in [0.2, 0.25) is 0 Å². The van der Waals surface area contributed by atoms with Crippen LogP contribution in [0.5, 0.6) is 5.75 Å². The third kappa shape index (κ3) is 5.46. The molecule has 188 valence electrons. The molecule has 2 saturated heterocycles. The van der Waals surface area contributed by atoms with Crippen LogP contribution in [0.4, 0.5) is 13.6 Å². The maximum absolute atomic E-state index is 14.9. The fraction of sp³-hybridized carbons (Fsp3) is 0.652. The normalized spacial score (nSPS) is 23.5. The Morgan fingerprint density at radius 3 is 2.24 bits per heavy atom. The first-order chi connectivity index (χ1) is 15.4. The van der Waals surface area contributed by atoms with E-state index in [0.29, 0.717) is 5.46 Å². The minimum Gasteiger partial charge on any atom is -0.483 e.